The summed E-state index contributed by atoms with van der Waals surface area (Å²) in [6.45, 7) is 3.91. The van der Waals surface area contributed by atoms with Crippen molar-refractivity contribution >= 4 is 11.8 Å². The second-order valence-corrected chi connectivity index (χ2v) is 5.06. The van der Waals surface area contributed by atoms with E-state index in [9.17, 15) is 9.59 Å². The molecular formula is C18H24O3. The van der Waals surface area contributed by atoms with E-state index < -0.39 is 5.97 Å². The first-order valence-corrected chi connectivity index (χ1v) is 7.57. The van der Waals surface area contributed by atoms with Gasteiger partial charge in [0, 0.05) is 0 Å². The minimum atomic E-state index is -0.505. The van der Waals surface area contributed by atoms with Crippen LogP contribution < -0.4 is 0 Å². The second kappa shape index (κ2) is 9.92. The molecular weight excluding hydrogens is 264 g/mol. The normalized spacial score (nSPS) is 11.2. The molecule has 1 aromatic rings. The highest BCUT2D eigenvalue weighted by Gasteiger charge is 2.15. The van der Waals surface area contributed by atoms with E-state index in [-0.39, 0.29) is 11.4 Å². The van der Waals surface area contributed by atoms with Gasteiger partial charge in [-0.1, -0.05) is 62.6 Å². The number of ether oxygens (including phenoxy) is 1. The zero-order valence-electron chi connectivity index (χ0n) is 12.9. The number of benzene rings is 1. The van der Waals surface area contributed by atoms with E-state index in [1.54, 1.807) is 6.08 Å². The third kappa shape index (κ3) is 6.89. The zero-order valence-corrected chi connectivity index (χ0v) is 12.9. The van der Waals surface area contributed by atoms with Crippen LogP contribution in [0.5, 0.6) is 0 Å². The second-order valence-electron chi connectivity index (χ2n) is 5.06. The molecule has 0 saturated heterocycles. The molecule has 0 saturated carbocycles. The number of hydrogen-bond donors (Lipinski definition) is 0. The van der Waals surface area contributed by atoms with Crippen molar-refractivity contribution in [2.75, 3.05) is 6.61 Å². The standard InChI is InChI=1S/C18H24O3/c1-3-4-5-9-14-21-18(20)17(15(2)19)13-12-16-10-7-6-8-11-16/h6-8,10-11,13H,3-5,9,12,14H2,1-2H3. The molecule has 0 unspecified atom stereocenters. The van der Waals surface area contributed by atoms with Gasteiger partial charge in [0.2, 0.25) is 0 Å². The molecule has 0 atom stereocenters. The molecule has 0 aliphatic heterocycles. The van der Waals surface area contributed by atoms with Crippen molar-refractivity contribution in [1.29, 1.82) is 0 Å². The first-order valence-electron chi connectivity index (χ1n) is 7.57. The fraction of sp³-hybridized carbons (Fsp3) is 0.444. The zero-order chi connectivity index (χ0) is 15.5. The van der Waals surface area contributed by atoms with E-state index in [0.29, 0.717) is 13.0 Å². The van der Waals surface area contributed by atoms with Gasteiger partial charge < -0.3 is 4.74 Å². The lowest BCUT2D eigenvalue weighted by Gasteiger charge is -2.06. The highest BCUT2D eigenvalue weighted by molar-refractivity contribution is 6.16. The smallest absolute Gasteiger partial charge is 0.341 e. The average molecular weight is 288 g/mol. The summed E-state index contributed by atoms with van der Waals surface area (Å²) in [7, 11) is 0. The number of hydrogen-bond acceptors (Lipinski definition) is 3. The maximum Gasteiger partial charge on any atom is 0.341 e. The molecule has 0 amide bonds. The molecule has 0 aliphatic rings. The van der Waals surface area contributed by atoms with Crippen molar-refractivity contribution in [3.05, 3.63) is 47.5 Å². The molecule has 21 heavy (non-hydrogen) atoms. The van der Waals surface area contributed by atoms with Crippen LogP contribution in [0.4, 0.5) is 0 Å². The van der Waals surface area contributed by atoms with Crippen molar-refractivity contribution in [3.63, 3.8) is 0 Å². The Hall–Kier alpha value is -1.90. The fourth-order valence-electron chi connectivity index (χ4n) is 1.98. The maximum absolute atomic E-state index is 11.9. The molecule has 1 aromatic carbocycles. The average Bonchev–Trinajstić information content (AvgIpc) is 2.48. The Kier molecular flexibility index (Phi) is 8.10. The van der Waals surface area contributed by atoms with E-state index in [0.717, 1.165) is 31.2 Å². The van der Waals surface area contributed by atoms with E-state index in [1.165, 1.54) is 6.92 Å². The van der Waals surface area contributed by atoms with Gasteiger partial charge in [-0.05, 0) is 25.3 Å². The lowest BCUT2D eigenvalue weighted by Crippen LogP contribution is -2.15. The minimum absolute atomic E-state index is 0.148. The van der Waals surface area contributed by atoms with Crippen LogP contribution in [-0.2, 0) is 20.7 Å². The lowest BCUT2D eigenvalue weighted by atomic mass is 10.1. The Bertz CT molecular complexity index is 474. The van der Waals surface area contributed by atoms with Gasteiger partial charge in [-0.25, -0.2) is 4.79 Å². The van der Waals surface area contributed by atoms with E-state index in [4.69, 9.17) is 4.74 Å². The third-order valence-corrected chi connectivity index (χ3v) is 3.21. The van der Waals surface area contributed by atoms with Crippen molar-refractivity contribution in [2.24, 2.45) is 0 Å². The van der Waals surface area contributed by atoms with Crippen molar-refractivity contribution in [3.8, 4) is 0 Å². The summed E-state index contributed by atoms with van der Waals surface area (Å²) >= 11 is 0. The van der Waals surface area contributed by atoms with E-state index in [2.05, 4.69) is 6.92 Å². The molecule has 0 bridgehead atoms. The molecule has 0 aromatic heterocycles. The highest BCUT2D eigenvalue weighted by Crippen LogP contribution is 2.07. The van der Waals surface area contributed by atoms with E-state index in [1.807, 2.05) is 30.3 Å². The summed E-state index contributed by atoms with van der Waals surface area (Å²) in [4.78, 5) is 23.5. The molecule has 114 valence electrons. The van der Waals surface area contributed by atoms with Crippen LogP contribution in [0.25, 0.3) is 0 Å². The first-order chi connectivity index (χ1) is 10.1. The monoisotopic (exact) mass is 288 g/mol. The van der Waals surface area contributed by atoms with Crippen LogP contribution >= 0.6 is 0 Å². The number of ketones is 1. The van der Waals surface area contributed by atoms with Crippen LogP contribution in [0.2, 0.25) is 0 Å². The predicted octanol–water partition coefficient (Wildman–Crippen LogP) is 3.87. The Morgan fingerprint density at radius 2 is 1.81 bits per heavy atom. The van der Waals surface area contributed by atoms with Crippen LogP contribution in [0.15, 0.2) is 42.0 Å². The van der Waals surface area contributed by atoms with Gasteiger partial charge in [-0.15, -0.1) is 0 Å². The minimum Gasteiger partial charge on any atom is -0.462 e. The van der Waals surface area contributed by atoms with Crippen LogP contribution in [0.3, 0.4) is 0 Å². The number of allylic oxidation sites excluding steroid dienone is 1. The van der Waals surface area contributed by atoms with Gasteiger partial charge in [0.25, 0.3) is 0 Å². The Balaban J connectivity index is 2.52. The number of esters is 1. The largest absolute Gasteiger partial charge is 0.462 e. The topological polar surface area (TPSA) is 43.4 Å². The van der Waals surface area contributed by atoms with Gasteiger partial charge in [-0.3, -0.25) is 4.79 Å². The van der Waals surface area contributed by atoms with Gasteiger partial charge in [-0.2, -0.15) is 0 Å². The van der Waals surface area contributed by atoms with Crippen LogP contribution in [-0.4, -0.2) is 18.4 Å². The number of carbonyl (C=O) groups excluding carboxylic acids is 2. The van der Waals surface area contributed by atoms with Crippen LogP contribution in [0.1, 0.15) is 45.1 Å². The molecule has 0 fully saturated rings. The van der Waals surface area contributed by atoms with Crippen molar-refractivity contribution in [1.82, 2.24) is 0 Å². The first kappa shape index (κ1) is 17.2. The summed E-state index contributed by atoms with van der Waals surface area (Å²) in [5, 5.41) is 0. The molecule has 1 rings (SSSR count). The van der Waals surface area contributed by atoms with Gasteiger partial charge in [0.1, 0.15) is 0 Å². The summed E-state index contributed by atoms with van der Waals surface area (Å²) in [6.07, 6.45) is 6.40. The summed E-state index contributed by atoms with van der Waals surface area (Å²) in [5.41, 5.74) is 1.21. The van der Waals surface area contributed by atoms with Gasteiger partial charge in [0.05, 0.1) is 12.2 Å². The molecule has 0 radical (unpaired) electrons. The summed E-state index contributed by atoms with van der Waals surface area (Å²) < 4.78 is 5.17. The molecule has 0 spiro atoms. The molecule has 3 heteroatoms. The number of carbonyl (C=O) groups is 2. The van der Waals surface area contributed by atoms with Crippen LogP contribution in [0, 0.1) is 0 Å². The molecule has 0 aliphatic carbocycles. The maximum atomic E-state index is 11.9. The fourth-order valence-corrected chi connectivity index (χ4v) is 1.98. The number of Topliss-reactive ketones (excluding diaryl/α,β-unsaturated/α-hetero) is 1. The Labute approximate surface area is 127 Å². The van der Waals surface area contributed by atoms with Gasteiger partial charge in [0.15, 0.2) is 5.78 Å². The predicted molar refractivity (Wildman–Crippen MR) is 84.0 cm³/mol. The van der Waals surface area contributed by atoms with Crippen molar-refractivity contribution < 1.29 is 14.3 Å². The van der Waals surface area contributed by atoms with E-state index >= 15 is 0 Å². The summed E-state index contributed by atoms with van der Waals surface area (Å²) in [5.74, 6) is -0.751. The molecule has 0 N–H and O–H groups in total. The third-order valence-electron chi connectivity index (χ3n) is 3.21. The Morgan fingerprint density at radius 1 is 1.10 bits per heavy atom. The lowest BCUT2D eigenvalue weighted by molar-refractivity contribution is -0.140. The Morgan fingerprint density at radius 3 is 2.43 bits per heavy atom. The quantitative estimate of drug-likeness (QED) is 0.228. The van der Waals surface area contributed by atoms with Crippen molar-refractivity contribution in [2.45, 2.75) is 46.0 Å². The molecule has 3 nitrogen and oxygen atoms in total. The SMILES string of the molecule is CCCCCCOC(=O)C(=CCc1ccccc1)C(C)=O. The van der Waals surface area contributed by atoms with Gasteiger partial charge >= 0.3 is 5.97 Å². The number of unbranched alkanes of at least 4 members (excludes halogenated alkanes) is 3. The molecule has 0 heterocycles. The summed E-state index contributed by atoms with van der Waals surface area (Å²) in [6, 6.07) is 9.73. The highest BCUT2D eigenvalue weighted by atomic mass is 16.5. The number of rotatable bonds is 9.